The summed E-state index contributed by atoms with van der Waals surface area (Å²) in [6.45, 7) is 0. The highest BCUT2D eigenvalue weighted by atomic mass is 35.5. The number of carbonyl (C=O) groups excluding carboxylic acids is 2. The summed E-state index contributed by atoms with van der Waals surface area (Å²) >= 11 is 5.95. The van der Waals surface area contributed by atoms with Crippen molar-refractivity contribution in [3.63, 3.8) is 0 Å². The number of nitrogens with one attached hydrogen (secondary N) is 3. The number of hydrogen-bond donors (Lipinski definition) is 3. The first kappa shape index (κ1) is 17.5. The van der Waals surface area contributed by atoms with Crippen LogP contribution in [-0.4, -0.2) is 11.9 Å². The van der Waals surface area contributed by atoms with Crippen molar-refractivity contribution >= 4 is 40.6 Å². The van der Waals surface area contributed by atoms with Gasteiger partial charge in [-0.25, -0.2) is 4.79 Å². The van der Waals surface area contributed by atoms with Gasteiger partial charge in [-0.05, 0) is 48.5 Å². The molecule has 0 bridgehead atoms. The number of amides is 3. The van der Waals surface area contributed by atoms with Crippen LogP contribution in [0.25, 0.3) is 0 Å². The third kappa shape index (κ3) is 4.62. The first-order valence-corrected chi connectivity index (χ1v) is 8.28. The van der Waals surface area contributed by atoms with Gasteiger partial charge in [-0.1, -0.05) is 41.9 Å². The average molecular weight is 366 g/mol. The molecule has 3 aromatic carbocycles. The highest BCUT2D eigenvalue weighted by Crippen LogP contribution is 2.19. The second-order valence-corrected chi connectivity index (χ2v) is 5.86. The fourth-order valence-corrected chi connectivity index (χ4v) is 2.52. The molecule has 0 saturated carbocycles. The van der Waals surface area contributed by atoms with Crippen LogP contribution < -0.4 is 16.0 Å². The third-order valence-electron chi connectivity index (χ3n) is 3.55. The summed E-state index contributed by atoms with van der Waals surface area (Å²) in [6.07, 6.45) is 0. The van der Waals surface area contributed by atoms with Gasteiger partial charge in [0.2, 0.25) is 0 Å². The van der Waals surface area contributed by atoms with Crippen molar-refractivity contribution in [2.45, 2.75) is 0 Å². The molecular weight excluding hydrogens is 350 g/mol. The molecule has 0 aromatic heterocycles. The minimum atomic E-state index is -0.626. The van der Waals surface area contributed by atoms with Crippen molar-refractivity contribution in [1.29, 1.82) is 0 Å². The summed E-state index contributed by atoms with van der Waals surface area (Å²) in [5, 5.41) is 8.40. The summed E-state index contributed by atoms with van der Waals surface area (Å²) in [5.41, 5.74) is 2.66. The summed E-state index contributed by atoms with van der Waals surface area (Å²) < 4.78 is 0. The second kappa shape index (κ2) is 8.18. The van der Waals surface area contributed by atoms with Crippen molar-refractivity contribution < 1.29 is 9.59 Å². The molecule has 0 aliphatic heterocycles. The first-order valence-electron chi connectivity index (χ1n) is 7.91. The van der Waals surface area contributed by atoms with Crippen LogP contribution in [0.3, 0.4) is 0 Å². The Balaban J connectivity index is 1.58. The van der Waals surface area contributed by atoms with Crippen LogP contribution in [0.1, 0.15) is 10.4 Å². The van der Waals surface area contributed by atoms with Gasteiger partial charge >= 0.3 is 6.03 Å². The number of hydrogen-bond acceptors (Lipinski definition) is 3. The lowest BCUT2D eigenvalue weighted by Crippen LogP contribution is -2.34. The highest BCUT2D eigenvalue weighted by Gasteiger charge is 2.13. The molecule has 0 heterocycles. The molecule has 3 aromatic rings. The molecule has 5 nitrogen and oxygen atoms in total. The van der Waals surface area contributed by atoms with E-state index in [1.165, 1.54) is 0 Å². The maximum Gasteiger partial charge on any atom is 0.326 e. The van der Waals surface area contributed by atoms with E-state index in [0.717, 1.165) is 11.4 Å². The third-order valence-corrected chi connectivity index (χ3v) is 3.88. The van der Waals surface area contributed by atoms with Gasteiger partial charge in [-0.2, -0.15) is 0 Å². The van der Waals surface area contributed by atoms with E-state index in [0.29, 0.717) is 5.69 Å². The molecule has 6 heteroatoms. The predicted octanol–water partition coefficient (Wildman–Crippen LogP) is 5.05. The maximum atomic E-state index is 12.1. The quantitative estimate of drug-likeness (QED) is 0.606. The van der Waals surface area contributed by atoms with E-state index in [-0.39, 0.29) is 10.6 Å². The van der Waals surface area contributed by atoms with Crippen molar-refractivity contribution in [2.24, 2.45) is 0 Å². The van der Waals surface area contributed by atoms with Gasteiger partial charge < -0.3 is 10.6 Å². The number of rotatable bonds is 4. The Labute approximate surface area is 156 Å². The molecule has 0 atom stereocenters. The van der Waals surface area contributed by atoms with Crippen LogP contribution in [0.5, 0.6) is 0 Å². The number of carbonyl (C=O) groups is 2. The number of para-hydroxylation sites is 1. The van der Waals surface area contributed by atoms with Gasteiger partial charge in [-0.3, -0.25) is 10.1 Å². The Kier molecular flexibility index (Phi) is 5.51. The fourth-order valence-electron chi connectivity index (χ4n) is 2.30. The van der Waals surface area contributed by atoms with Crippen LogP contribution in [0.15, 0.2) is 78.9 Å². The molecule has 0 saturated heterocycles. The van der Waals surface area contributed by atoms with Gasteiger partial charge in [-0.15, -0.1) is 0 Å². The maximum absolute atomic E-state index is 12.1. The van der Waals surface area contributed by atoms with Crippen LogP contribution in [0, 0.1) is 0 Å². The van der Waals surface area contributed by atoms with Gasteiger partial charge in [0.1, 0.15) is 0 Å². The fraction of sp³-hybridized carbons (Fsp3) is 0. The molecule has 0 radical (unpaired) electrons. The molecule has 130 valence electrons. The van der Waals surface area contributed by atoms with E-state index in [4.69, 9.17) is 11.6 Å². The minimum Gasteiger partial charge on any atom is -0.356 e. The topological polar surface area (TPSA) is 70.2 Å². The largest absolute Gasteiger partial charge is 0.356 e. The van der Waals surface area contributed by atoms with Crippen molar-refractivity contribution in [1.82, 2.24) is 5.32 Å². The molecule has 26 heavy (non-hydrogen) atoms. The zero-order chi connectivity index (χ0) is 18.4. The van der Waals surface area contributed by atoms with Crippen LogP contribution in [0.4, 0.5) is 21.9 Å². The molecule has 3 N–H and O–H groups in total. The van der Waals surface area contributed by atoms with Crippen LogP contribution in [-0.2, 0) is 0 Å². The lowest BCUT2D eigenvalue weighted by Gasteiger charge is -2.09. The zero-order valence-corrected chi connectivity index (χ0v) is 14.5. The summed E-state index contributed by atoms with van der Waals surface area (Å²) in [4.78, 5) is 24.0. The van der Waals surface area contributed by atoms with E-state index < -0.39 is 11.9 Å². The number of benzene rings is 3. The molecule has 3 amide bonds. The van der Waals surface area contributed by atoms with Gasteiger partial charge in [0.25, 0.3) is 5.91 Å². The van der Waals surface area contributed by atoms with E-state index in [2.05, 4.69) is 16.0 Å². The normalized spacial score (nSPS) is 10.0. The summed E-state index contributed by atoms with van der Waals surface area (Å²) in [5.74, 6) is -0.560. The zero-order valence-electron chi connectivity index (χ0n) is 13.7. The smallest absolute Gasteiger partial charge is 0.326 e. The summed E-state index contributed by atoms with van der Waals surface area (Å²) in [7, 11) is 0. The first-order chi connectivity index (χ1) is 12.6. The molecular formula is C20H16ClN3O2. The van der Waals surface area contributed by atoms with Crippen molar-refractivity contribution in [3.05, 3.63) is 89.4 Å². The average Bonchev–Trinajstić information content (AvgIpc) is 2.64. The monoisotopic (exact) mass is 365 g/mol. The molecule has 0 aliphatic rings. The van der Waals surface area contributed by atoms with Gasteiger partial charge in [0.05, 0.1) is 10.6 Å². The van der Waals surface area contributed by atoms with E-state index in [1.807, 2.05) is 42.5 Å². The standard InChI is InChI=1S/C20H16ClN3O2/c21-18-9-5-4-8-17(18)19(25)24-20(26)23-16-12-10-15(11-13-16)22-14-6-2-1-3-7-14/h1-13,22H,(H2,23,24,25,26). The van der Waals surface area contributed by atoms with Crippen LogP contribution in [0.2, 0.25) is 5.02 Å². The van der Waals surface area contributed by atoms with E-state index in [9.17, 15) is 9.59 Å². The van der Waals surface area contributed by atoms with Gasteiger partial charge in [0, 0.05) is 17.1 Å². The Bertz CT molecular complexity index is 912. The van der Waals surface area contributed by atoms with E-state index >= 15 is 0 Å². The van der Waals surface area contributed by atoms with Gasteiger partial charge in [0.15, 0.2) is 0 Å². The Morgan fingerprint density at radius 3 is 1.96 bits per heavy atom. The van der Waals surface area contributed by atoms with Crippen molar-refractivity contribution in [2.75, 3.05) is 10.6 Å². The highest BCUT2D eigenvalue weighted by molar-refractivity contribution is 6.34. The number of imide groups is 1. The lowest BCUT2D eigenvalue weighted by atomic mass is 10.2. The number of halogens is 1. The second-order valence-electron chi connectivity index (χ2n) is 5.46. The predicted molar refractivity (Wildman–Crippen MR) is 104 cm³/mol. The summed E-state index contributed by atoms with van der Waals surface area (Å²) in [6, 6.07) is 22.8. The SMILES string of the molecule is O=C(NC(=O)c1ccccc1Cl)Nc1ccc(Nc2ccccc2)cc1. The lowest BCUT2D eigenvalue weighted by molar-refractivity contribution is 0.0967. The molecule has 0 spiro atoms. The molecule has 0 unspecified atom stereocenters. The molecule has 0 aliphatic carbocycles. The Morgan fingerprint density at radius 2 is 1.27 bits per heavy atom. The molecule has 0 fully saturated rings. The molecule has 3 rings (SSSR count). The Morgan fingerprint density at radius 1 is 0.692 bits per heavy atom. The van der Waals surface area contributed by atoms with Crippen molar-refractivity contribution in [3.8, 4) is 0 Å². The number of urea groups is 1. The van der Waals surface area contributed by atoms with Crippen LogP contribution >= 0.6 is 11.6 Å². The van der Waals surface area contributed by atoms with E-state index in [1.54, 1.807) is 36.4 Å². The number of anilines is 3. The minimum absolute atomic E-state index is 0.242. The Hall–Kier alpha value is -3.31.